The zero-order valence-corrected chi connectivity index (χ0v) is 15.0. The number of nitrogens with one attached hydrogen (secondary N) is 1. The number of fused-ring (bicyclic) bond motifs is 1. The van der Waals surface area contributed by atoms with E-state index in [0.29, 0.717) is 19.4 Å². The molecule has 1 N–H and O–H groups in total. The molecule has 1 aromatic carbocycles. The van der Waals surface area contributed by atoms with Crippen LogP contribution < -0.4 is 4.74 Å². The standard InChI is InChI=1S/C19H24N4O2/c1-22-11-4-5-14(22)6-9-19(24)23(2)12-10-18-20-16-8-7-15(25-3)13-17(16)21-18/h4-5,7-8,11,13H,6,9-10,12H2,1-3H3,(H,20,21). The van der Waals surface area contributed by atoms with Crippen LogP contribution in [0, 0.1) is 0 Å². The minimum absolute atomic E-state index is 0.152. The van der Waals surface area contributed by atoms with Crippen molar-refractivity contribution in [1.82, 2.24) is 19.4 Å². The van der Waals surface area contributed by atoms with Crippen LogP contribution in [0.1, 0.15) is 17.9 Å². The first-order chi connectivity index (χ1) is 12.1. The second-order valence-corrected chi connectivity index (χ2v) is 6.24. The molecule has 1 amide bonds. The van der Waals surface area contributed by atoms with Crippen LogP contribution in [0.25, 0.3) is 11.0 Å². The fraction of sp³-hybridized carbons (Fsp3) is 0.368. The minimum Gasteiger partial charge on any atom is -0.497 e. The van der Waals surface area contributed by atoms with Gasteiger partial charge >= 0.3 is 0 Å². The molecular weight excluding hydrogens is 316 g/mol. The van der Waals surface area contributed by atoms with Crippen LogP contribution in [0.2, 0.25) is 0 Å². The van der Waals surface area contributed by atoms with Crippen LogP contribution in [0.15, 0.2) is 36.5 Å². The van der Waals surface area contributed by atoms with E-state index in [1.807, 2.05) is 44.6 Å². The van der Waals surface area contributed by atoms with Gasteiger partial charge in [0.25, 0.3) is 0 Å². The smallest absolute Gasteiger partial charge is 0.222 e. The van der Waals surface area contributed by atoms with E-state index < -0.39 is 0 Å². The molecule has 0 saturated carbocycles. The highest BCUT2D eigenvalue weighted by molar-refractivity contribution is 5.77. The molecular formula is C19H24N4O2. The van der Waals surface area contributed by atoms with Gasteiger partial charge in [0, 0.05) is 51.4 Å². The van der Waals surface area contributed by atoms with E-state index in [1.54, 1.807) is 12.0 Å². The Morgan fingerprint density at radius 2 is 2.16 bits per heavy atom. The van der Waals surface area contributed by atoms with Crippen molar-refractivity contribution >= 4 is 16.9 Å². The van der Waals surface area contributed by atoms with Crippen LogP contribution in [-0.2, 0) is 24.7 Å². The number of aromatic nitrogens is 3. The van der Waals surface area contributed by atoms with Crippen molar-refractivity contribution < 1.29 is 9.53 Å². The lowest BCUT2D eigenvalue weighted by Gasteiger charge is -2.16. The SMILES string of the molecule is COc1ccc2nc(CCN(C)C(=O)CCc3cccn3C)[nH]c2c1. The van der Waals surface area contributed by atoms with Crippen LogP contribution >= 0.6 is 0 Å². The van der Waals surface area contributed by atoms with E-state index in [0.717, 1.165) is 29.0 Å². The summed E-state index contributed by atoms with van der Waals surface area (Å²) < 4.78 is 7.28. The number of hydrogen-bond donors (Lipinski definition) is 1. The Hall–Kier alpha value is -2.76. The molecule has 6 heteroatoms. The normalized spacial score (nSPS) is 11.0. The molecule has 0 atom stereocenters. The van der Waals surface area contributed by atoms with Crippen LogP contribution in [0.4, 0.5) is 0 Å². The number of aryl methyl sites for hydroxylation is 2. The highest BCUT2D eigenvalue weighted by atomic mass is 16.5. The average molecular weight is 340 g/mol. The third-order valence-electron chi connectivity index (χ3n) is 4.49. The van der Waals surface area contributed by atoms with Crippen molar-refractivity contribution in [1.29, 1.82) is 0 Å². The maximum Gasteiger partial charge on any atom is 0.222 e. The number of benzene rings is 1. The van der Waals surface area contributed by atoms with Gasteiger partial charge in [-0.25, -0.2) is 4.98 Å². The molecule has 3 aromatic rings. The molecule has 0 bridgehead atoms. The molecule has 0 aliphatic carbocycles. The van der Waals surface area contributed by atoms with Crippen molar-refractivity contribution in [2.24, 2.45) is 7.05 Å². The van der Waals surface area contributed by atoms with Crippen molar-refractivity contribution in [3.63, 3.8) is 0 Å². The van der Waals surface area contributed by atoms with Gasteiger partial charge in [-0.2, -0.15) is 0 Å². The summed E-state index contributed by atoms with van der Waals surface area (Å²) >= 11 is 0. The number of carbonyl (C=O) groups is 1. The molecule has 0 aliphatic rings. The van der Waals surface area contributed by atoms with Gasteiger partial charge in [0.05, 0.1) is 18.1 Å². The van der Waals surface area contributed by atoms with E-state index in [4.69, 9.17) is 4.74 Å². The number of hydrogen-bond acceptors (Lipinski definition) is 3. The van der Waals surface area contributed by atoms with Gasteiger partial charge in [0.2, 0.25) is 5.91 Å². The lowest BCUT2D eigenvalue weighted by molar-refractivity contribution is -0.129. The number of H-pyrrole nitrogens is 1. The summed E-state index contributed by atoms with van der Waals surface area (Å²) in [5.41, 5.74) is 3.04. The number of imidazole rings is 1. The molecule has 0 aliphatic heterocycles. The van der Waals surface area contributed by atoms with Gasteiger partial charge in [-0.1, -0.05) is 0 Å². The monoisotopic (exact) mass is 340 g/mol. The summed E-state index contributed by atoms with van der Waals surface area (Å²) in [6.07, 6.45) is 3.98. The van der Waals surface area contributed by atoms with E-state index in [9.17, 15) is 4.79 Å². The second kappa shape index (κ2) is 7.42. The molecule has 0 spiro atoms. The van der Waals surface area contributed by atoms with Crippen molar-refractivity contribution in [2.45, 2.75) is 19.3 Å². The summed E-state index contributed by atoms with van der Waals surface area (Å²) in [5, 5.41) is 0. The predicted molar refractivity (Wildman–Crippen MR) is 97.7 cm³/mol. The molecule has 2 heterocycles. The highest BCUT2D eigenvalue weighted by Crippen LogP contribution is 2.18. The number of amides is 1. The van der Waals surface area contributed by atoms with Crippen molar-refractivity contribution in [3.05, 3.63) is 48.0 Å². The van der Waals surface area contributed by atoms with Gasteiger partial charge in [-0.15, -0.1) is 0 Å². The number of aromatic amines is 1. The Morgan fingerprint density at radius 1 is 1.32 bits per heavy atom. The summed E-state index contributed by atoms with van der Waals surface area (Å²) in [6, 6.07) is 9.81. The molecule has 0 radical (unpaired) electrons. The maximum atomic E-state index is 12.3. The summed E-state index contributed by atoms with van der Waals surface area (Å²) in [6.45, 7) is 0.642. The number of ether oxygens (including phenoxy) is 1. The Balaban J connectivity index is 1.53. The molecule has 0 unspecified atom stereocenters. The Morgan fingerprint density at radius 3 is 2.88 bits per heavy atom. The van der Waals surface area contributed by atoms with Crippen molar-refractivity contribution in [2.75, 3.05) is 20.7 Å². The Kier molecular flexibility index (Phi) is 5.07. The van der Waals surface area contributed by atoms with Crippen LogP contribution in [0.3, 0.4) is 0 Å². The predicted octanol–water partition coefficient (Wildman–Crippen LogP) is 2.54. The molecule has 25 heavy (non-hydrogen) atoms. The Labute approximate surface area is 147 Å². The van der Waals surface area contributed by atoms with Gasteiger partial charge < -0.3 is 19.2 Å². The largest absolute Gasteiger partial charge is 0.497 e. The molecule has 2 aromatic heterocycles. The zero-order chi connectivity index (χ0) is 17.8. The first kappa shape index (κ1) is 17.1. The lowest BCUT2D eigenvalue weighted by Crippen LogP contribution is -2.29. The van der Waals surface area contributed by atoms with Gasteiger partial charge in [-0.05, 0) is 30.7 Å². The fourth-order valence-corrected chi connectivity index (χ4v) is 2.87. The average Bonchev–Trinajstić information content (AvgIpc) is 3.22. The summed E-state index contributed by atoms with van der Waals surface area (Å²) in [4.78, 5) is 21.9. The summed E-state index contributed by atoms with van der Waals surface area (Å²) in [5.74, 6) is 1.83. The van der Waals surface area contributed by atoms with Crippen molar-refractivity contribution in [3.8, 4) is 5.75 Å². The summed E-state index contributed by atoms with van der Waals surface area (Å²) in [7, 11) is 5.49. The lowest BCUT2D eigenvalue weighted by atomic mass is 10.2. The zero-order valence-electron chi connectivity index (χ0n) is 15.0. The quantitative estimate of drug-likeness (QED) is 0.719. The second-order valence-electron chi connectivity index (χ2n) is 6.24. The topological polar surface area (TPSA) is 63.1 Å². The third-order valence-corrected chi connectivity index (χ3v) is 4.49. The molecule has 0 fully saturated rings. The third kappa shape index (κ3) is 4.02. The van der Waals surface area contributed by atoms with Gasteiger partial charge in [0.15, 0.2) is 0 Å². The first-order valence-corrected chi connectivity index (χ1v) is 8.43. The number of nitrogens with zero attached hydrogens (tertiary/aromatic N) is 3. The minimum atomic E-state index is 0.152. The highest BCUT2D eigenvalue weighted by Gasteiger charge is 2.11. The van der Waals surface area contributed by atoms with E-state index in [1.165, 1.54) is 5.69 Å². The number of carbonyl (C=O) groups excluding carboxylic acids is 1. The fourth-order valence-electron chi connectivity index (χ4n) is 2.87. The van der Waals surface area contributed by atoms with E-state index in [-0.39, 0.29) is 5.91 Å². The number of methoxy groups -OCH3 is 1. The van der Waals surface area contributed by atoms with Gasteiger partial charge in [0.1, 0.15) is 11.6 Å². The van der Waals surface area contributed by atoms with Gasteiger partial charge in [-0.3, -0.25) is 4.79 Å². The first-order valence-electron chi connectivity index (χ1n) is 8.43. The molecule has 6 nitrogen and oxygen atoms in total. The molecule has 3 rings (SSSR count). The van der Waals surface area contributed by atoms with E-state index in [2.05, 4.69) is 20.6 Å². The molecule has 132 valence electrons. The van der Waals surface area contributed by atoms with Crippen LogP contribution in [0.5, 0.6) is 5.75 Å². The number of rotatable bonds is 7. The van der Waals surface area contributed by atoms with E-state index >= 15 is 0 Å². The maximum absolute atomic E-state index is 12.3. The molecule has 0 saturated heterocycles. The number of likely N-dealkylation sites (N-methyl/N-ethyl adjacent to an activating group) is 1. The Bertz CT molecular complexity index is 865. The van der Waals surface area contributed by atoms with Crippen LogP contribution in [-0.4, -0.2) is 46.0 Å².